The summed E-state index contributed by atoms with van der Waals surface area (Å²) in [6.45, 7) is 2.56. The first kappa shape index (κ1) is 14.1. The van der Waals surface area contributed by atoms with E-state index >= 15 is 0 Å². The molecule has 2 rings (SSSR count). The molecule has 0 heterocycles. The molecule has 2 aromatic rings. The highest BCUT2D eigenvalue weighted by molar-refractivity contribution is 5.76. The monoisotopic (exact) mass is 274 g/mol. The SMILES string of the molecule is CCOc1cc(C=O)ccc1OCc1cccc(F)c1. The molecule has 0 saturated heterocycles. The first-order chi connectivity index (χ1) is 9.72. The fraction of sp³-hybridized carbons (Fsp3) is 0.188. The third kappa shape index (κ3) is 3.57. The molecule has 0 aliphatic rings. The van der Waals surface area contributed by atoms with Crippen molar-refractivity contribution in [2.75, 3.05) is 6.61 Å². The predicted molar refractivity (Wildman–Crippen MR) is 73.7 cm³/mol. The largest absolute Gasteiger partial charge is 0.490 e. The van der Waals surface area contributed by atoms with Gasteiger partial charge in [0, 0.05) is 5.56 Å². The molecule has 0 N–H and O–H groups in total. The maximum Gasteiger partial charge on any atom is 0.161 e. The molecule has 0 fully saturated rings. The van der Waals surface area contributed by atoms with Crippen LogP contribution in [0.4, 0.5) is 4.39 Å². The number of aldehydes is 1. The molecule has 2 aromatic carbocycles. The summed E-state index contributed by atoms with van der Waals surface area (Å²) >= 11 is 0. The Morgan fingerprint density at radius 2 is 1.95 bits per heavy atom. The molecule has 0 amide bonds. The smallest absolute Gasteiger partial charge is 0.161 e. The van der Waals surface area contributed by atoms with Crippen LogP contribution in [0.25, 0.3) is 0 Å². The van der Waals surface area contributed by atoms with E-state index in [1.54, 1.807) is 30.3 Å². The molecule has 0 aromatic heterocycles. The molecule has 0 bridgehead atoms. The Bertz CT molecular complexity index is 596. The van der Waals surface area contributed by atoms with Crippen molar-refractivity contribution in [3.05, 3.63) is 59.4 Å². The molecule has 0 unspecified atom stereocenters. The number of ether oxygens (including phenoxy) is 2. The Morgan fingerprint density at radius 3 is 2.65 bits per heavy atom. The average Bonchev–Trinajstić information content (AvgIpc) is 2.46. The minimum atomic E-state index is -0.299. The van der Waals surface area contributed by atoms with Gasteiger partial charge in [0.05, 0.1) is 6.61 Å². The van der Waals surface area contributed by atoms with Gasteiger partial charge in [0.25, 0.3) is 0 Å². The molecule has 3 nitrogen and oxygen atoms in total. The van der Waals surface area contributed by atoms with Crippen molar-refractivity contribution in [2.24, 2.45) is 0 Å². The van der Waals surface area contributed by atoms with E-state index in [2.05, 4.69) is 0 Å². The number of hydrogen-bond donors (Lipinski definition) is 0. The van der Waals surface area contributed by atoms with Crippen LogP contribution in [-0.2, 0) is 6.61 Å². The van der Waals surface area contributed by atoms with Crippen LogP contribution < -0.4 is 9.47 Å². The maximum absolute atomic E-state index is 13.1. The van der Waals surface area contributed by atoms with Crippen LogP contribution in [0, 0.1) is 5.82 Å². The lowest BCUT2D eigenvalue weighted by Gasteiger charge is -2.12. The lowest BCUT2D eigenvalue weighted by Crippen LogP contribution is -2.00. The van der Waals surface area contributed by atoms with Crippen molar-refractivity contribution in [3.8, 4) is 11.5 Å². The number of carbonyl (C=O) groups excluding carboxylic acids is 1. The Hall–Kier alpha value is -2.36. The summed E-state index contributed by atoms with van der Waals surface area (Å²) in [5, 5.41) is 0. The topological polar surface area (TPSA) is 35.5 Å². The molecule has 0 aliphatic carbocycles. The molecular weight excluding hydrogens is 259 g/mol. The molecular formula is C16H15FO3. The summed E-state index contributed by atoms with van der Waals surface area (Å²) < 4.78 is 24.1. The van der Waals surface area contributed by atoms with E-state index in [0.717, 1.165) is 11.8 Å². The van der Waals surface area contributed by atoms with E-state index in [1.807, 2.05) is 6.92 Å². The van der Waals surface area contributed by atoms with Gasteiger partial charge >= 0.3 is 0 Å². The highest BCUT2D eigenvalue weighted by atomic mass is 19.1. The van der Waals surface area contributed by atoms with Crippen LogP contribution >= 0.6 is 0 Å². The normalized spacial score (nSPS) is 10.1. The highest BCUT2D eigenvalue weighted by Crippen LogP contribution is 2.28. The number of hydrogen-bond acceptors (Lipinski definition) is 3. The average molecular weight is 274 g/mol. The third-order valence-electron chi connectivity index (χ3n) is 2.69. The van der Waals surface area contributed by atoms with Gasteiger partial charge in [0.2, 0.25) is 0 Å². The van der Waals surface area contributed by atoms with Crippen LogP contribution in [0.3, 0.4) is 0 Å². The van der Waals surface area contributed by atoms with Crippen LogP contribution in [0.2, 0.25) is 0 Å². The van der Waals surface area contributed by atoms with Crippen LogP contribution in [0.15, 0.2) is 42.5 Å². The molecule has 104 valence electrons. The van der Waals surface area contributed by atoms with E-state index in [1.165, 1.54) is 12.1 Å². The van der Waals surface area contributed by atoms with Gasteiger partial charge in [-0.3, -0.25) is 4.79 Å². The number of benzene rings is 2. The molecule has 0 saturated carbocycles. The fourth-order valence-electron chi connectivity index (χ4n) is 1.77. The zero-order valence-electron chi connectivity index (χ0n) is 11.1. The Labute approximate surface area is 117 Å². The zero-order valence-corrected chi connectivity index (χ0v) is 11.1. The van der Waals surface area contributed by atoms with Gasteiger partial charge in [-0.2, -0.15) is 0 Å². The Balaban J connectivity index is 2.14. The highest BCUT2D eigenvalue weighted by Gasteiger charge is 2.07. The summed E-state index contributed by atoms with van der Waals surface area (Å²) in [6, 6.07) is 11.2. The van der Waals surface area contributed by atoms with Crippen molar-refractivity contribution in [1.82, 2.24) is 0 Å². The third-order valence-corrected chi connectivity index (χ3v) is 2.69. The number of halogens is 1. The number of carbonyl (C=O) groups is 1. The van der Waals surface area contributed by atoms with Crippen molar-refractivity contribution >= 4 is 6.29 Å². The minimum Gasteiger partial charge on any atom is -0.490 e. The summed E-state index contributed by atoms with van der Waals surface area (Å²) in [5.41, 5.74) is 1.25. The lowest BCUT2D eigenvalue weighted by molar-refractivity contribution is 0.112. The van der Waals surface area contributed by atoms with Crippen LogP contribution in [0.1, 0.15) is 22.8 Å². The second-order valence-electron chi connectivity index (χ2n) is 4.18. The van der Waals surface area contributed by atoms with Gasteiger partial charge < -0.3 is 9.47 Å². The molecule has 0 atom stereocenters. The minimum absolute atomic E-state index is 0.234. The predicted octanol–water partition coefficient (Wildman–Crippen LogP) is 3.62. The molecule has 0 radical (unpaired) electrons. The second-order valence-corrected chi connectivity index (χ2v) is 4.18. The standard InChI is InChI=1S/C16H15FO3/c1-2-19-16-9-12(10-18)6-7-15(16)20-11-13-4-3-5-14(17)8-13/h3-10H,2,11H2,1H3. The summed E-state index contributed by atoms with van der Waals surface area (Å²) in [5.74, 6) is 0.739. The zero-order chi connectivity index (χ0) is 14.4. The van der Waals surface area contributed by atoms with Crippen LogP contribution in [-0.4, -0.2) is 12.9 Å². The summed E-state index contributed by atoms with van der Waals surface area (Å²) in [6.07, 6.45) is 0.749. The molecule has 20 heavy (non-hydrogen) atoms. The number of rotatable bonds is 6. The Kier molecular flexibility index (Phi) is 4.71. The summed E-state index contributed by atoms with van der Waals surface area (Å²) in [7, 11) is 0. The van der Waals surface area contributed by atoms with Gasteiger partial charge in [-0.05, 0) is 42.8 Å². The van der Waals surface area contributed by atoms with Gasteiger partial charge in [0.15, 0.2) is 11.5 Å². The summed E-state index contributed by atoms with van der Waals surface area (Å²) in [4.78, 5) is 10.8. The van der Waals surface area contributed by atoms with Crippen molar-refractivity contribution in [3.63, 3.8) is 0 Å². The van der Waals surface area contributed by atoms with Crippen LogP contribution in [0.5, 0.6) is 11.5 Å². The van der Waals surface area contributed by atoms with E-state index in [9.17, 15) is 9.18 Å². The van der Waals surface area contributed by atoms with Crippen molar-refractivity contribution < 1.29 is 18.7 Å². The lowest BCUT2D eigenvalue weighted by atomic mass is 10.2. The van der Waals surface area contributed by atoms with Crippen molar-refractivity contribution in [2.45, 2.75) is 13.5 Å². The molecule has 0 spiro atoms. The van der Waals surface area contributed by atoms with Gasteiger partial charge in [-0.25, -0.2) is 4.39 Å². The maximum atomic E-state index is 13.1. The first-order valence-corrected chi connectivity index (χ1v) is 6.32. The van der Waals surface area contributed by atoms with Gasteiger partial charge in [-0.15, -0.1) is 0 Å². The van der Waals surface area contributed by atoms with Gasteiger partial charge in [-0.1, -0.05) is 12.1 Å². The molecule has 0 aliphatic heterocycles. The van der Waals surface area contributed by atoms with Crippen molar-refractivity contribution in [1.29, 1.82) is 0 Å². The van der Waals surface area contributed by atoms with E-state index < -0.39 is 0 Å². The fourth-order valence-corrected chi connectivity index (χ4v) is 1.77. The quantitative estimate of drug-likeness (QED) is 0.755. The Morgan fingerprint density at radius 1 is 1.10 bits per heavy atom. The second kappa shape index (κ2) is 6.70. The van der Waals surface area contributed by atoms with Gasteiger partial charge in [0.1, 0.15) is 18.7 Å². The first-order valence-electron chi connectivity index (χ1n) is 6.32. The molecule has 4 heteroatoms. The van der Waals surface area contributed by atoms with E-state index in [4.69, 9.17) is 9.47 Å². The van der Waals surface area contributed by atoms with E-state index in [-0.39, 0.29) is 12.4 Å². The van der Waals surface area contributed by atoms with E-state index in [0.29, 0.717) is 23.7 Å².